The standard InChI is InChI=1S/C15H12N2O3/c1-9-4-14-15(20-3-2-19-14)6-11(9)12-5-10(7-16)13(18)8-17-12/h4-6,8,18H,2-3H2,1H3. The van der Waals surface area contributed by atoms with E-state index in [0.29, 0.717) is 24.7 Å². The second kappa shape index (κ2) is 4.74. The van der Waals surface area contributed by atoms with Crippen LogP contribution in [0.2, 0.25) is 0 Å². The van der Waals surface area contributed by atoms with Crippen molar-refractivity contribution >= 4 is 0 Å². The number of nitrogens with zero attached hydrogens (tertiary/aromatic N) is 2. The molecule has 2 aromatic rings. The van der Waals surface area contributed by atoms with Crippen molar-refractivity contribution in [2.75, 3.05) is 13.2 Å². The maximum absolute atomic E-state index is 9.51. The van der Waals surface area contributed by atoms with Crippen LogP contribution in [-0.4, -0.2) is 23.3 Å². The summed E-state index contributed by atoms with van der Waals surface area (Å²) in [5, 5.41) is 18.5. The van der Waals surface area contributed by atoms with Gasteiger partial charge in [0.25, 0.3) is 0 Å². The van der Waals surface area contributed by atoms with Crippen LogP contribution in [-0.2, 0) is 0 Å². The number of nitriles is 1. The highest BCUT2D eigenvalue weighted by molar-refractivity contribution is 5.70. The van der Waals surface area contributed by atoms with Crippen LogP contribution in [0.25, 0.3) is 11.3 Å². The molecule has 2 heterocycles. The zero-order valence-electron chi connectivity index (χ0n) is 10.9. The van der Waals surface area contributed by atoms with Gasteiger partial charge in [-0.25, -0.2) is 0 Å². The predicted octanol–water partition coefficient (Wildman–Crippen LogP) is 2.41. The first kappa shape index (κ1) is 12.3. The van der Waals surface area contributed by atoms with Crippen molar-refractivity contribution in [3.8, 4) is 34.6 Å². The highest BCUT2D eigenvalue weighted by atomic mass is 16.6. The van der Waals surface area contributed by atoms with Crippen molar-refractivity contribution < 1.29 is 14.6 Å². The highest BCUT2D eigenvalue weighted by Crippen LogP contribution is 2.37. The Kier molecular flexibility index (Phi) is 2.92. The molecule has 100 valence electrons. The van der Waals surface area contributed by atoms with Gasteiger partial charge in [0.05, 0.1) is 17.5 Å². The minimum absolute atomic E-state index is 0.119. The molecule has 0 atom stereocenters. The maximum atomic E-state index is 9.51. The second-order valence-electron chi connectivity index (χ2n) is 4.51. The lowest BCUT2D eigenvalue weighted by atomic mass is 10.0. The molecular formula is C15H12N2O3. The van der Waals surface area contributed by atoms with E-state index in [1.165, 1.54) is 6.20 Å². The molecule has 1 aromatic heterocycles. The van der Waals surface area contributed by atoms with Gasteiger partial charge in [-0.3, -0.25) is 4.98 Å². The van der Waals surface area contributed by atoms with Crippen molar-refractivity contribution in [3.63, 3.8) is 0 Å². The van der Waals surface area contributed by atoms with Crippen LogP contribution in [0.3, 0.4) is 0 Å². The predicted molar refractivity (Wildman–Crippen MR) is 71.8 cm³/mol. The minimum Gasteiger partial charge on any atom is -0.505 e. The van der Waals surface area contributed by atoms with E-state index in [2.05, 4.69) is 4.98 Å². The van der Waals surface area contributed by atoms with E-state index in [1.807, 2.05) is 25.1 Å². The average Bonchev–Trinajstić information content (AvgIpc) is 2.47. The molecule has 20 heavy (non-hydrogen) atoms. The number of aromatic hydroxyl groups is 1. The third kappa shape index (κ3) is 2.01. The van der Waals surface area contributed by atoms with Gasteiger partial charge in [-0.2, -0.15) is 5.26 Å². The van der Waals surface area contributed by atoms with Crippen LogP contribution in [0.1, 0.15) is 11.1 Å². The molecule has 1 N–H and O–H groups in total. The van der Waals surface area contributed by atoms with Gasteiger partial charge in [0.1, 0.15) is 19.3 Å². The third-order valence-corrected chi connectivity index (χ3v) is 3.17. The molecule has 1 aliphatic rings. The fourth-order valence-electron chi connectivity index (χ4n) is 2.15. The SMILES string of the molecule is Cc1cc2c(cc1-c1cc(C#N)c(O)cn1)OCCO2. The Hall–Kier alpha value is -2.74. The fraction of sp³-hybridized carbons (Fsp3) is 0.200. The van der Waals surface area contributed by atoms with Crippen LogP contribution >= 0.6 is 0 Å². The molecule has 5 nitrogen and oxygen atoms in total. The molecule has 0 fully saturated rings. The monoisotopic (exact) mass is 268 g/mol. The van der Waals surface area contributed by atoms with Gasteiger partial charge in [0.15, 0.2) is 17.2 Å². The lowest BCUT2D eigenvalue weighted by molar-refractivity contribution is 0.171. The Labute approximate surface area is 116 Å². The number of fused-ring (bicyclic) bond motifs is 1. The molecule has 0 amide bonds. The van der Waals surface area contributed by atoms with Gasteiger partial charge < -0.3 is 14.6 Å². The molecule has 0 bridgehead atoms. The first-order chi connectivity index (χ1) is 9.69. The van der Waals surface area contributed by atoms with Crippen molar-refractivity contribution in [2.24, 2.45) is 0 Å². The number of hydrogen-bond acceptors (Lipinski definition) is 5. The minimum atomic E-state index is -0.119. The Balaban J connectivity index is 2.13. The summed E-state index contributed by atoms with van der Waals surface area (Å²) < 4.78 is 11.1. The van der Waals surface area contributed by atoms with Crippen molar-refractivity contribution in [1.82, 2.24) is 4.98 Å². The van der Waals surface area contributed by atoms with Gasteiger partial charge in [-0.15, -0.1) is 0 Å². The molecule has 0 unspecified atom stereocenters. The highest BCUT2D eigenvalue weighted by Gasteiger charge is 2.16. The van der Waals surface area contributed by atoms with E-state index in [-0.39, 0.29) is 11.3 Å². The largest absolute Gasteiger partial charge is 0.505 e. The van der Waals surface area contributed by atoms with Gasteiger partial charge in [-0.05, 0) is 30.7 Å². The number of rotatable bonds is 1. The first-order valence-electron chi connectivity index (χ1n) is 6.19. The molecule has 0 spiro atoms. The van der Waals surface area contributed by atoms with Crippen LogP contribution in [0, 0.1) is 18.3 Å². The normalized spacial score (nSPS) is 12.8. The molecule has 1 aromatic carbocycles. The first-order valence-corrected chi connectivity index (χ1v) is 6.19. The summed E-state index contributed by atoms with van der Waals surface area (Å²) in [6.45, 7) is 3.00. The lowest BCUT2D eigenvalue weighted by Crippen LogP contribution is -2.15. The Bertz CT molecular complexity index is 720. The zero-order chi connectivity index (χ0) is 14.1. The van der Waals surface area contributed by atoms with Gasteiger partial charge in [-0.1, -0.05) is 0 Å². The smallest absolute Gasteiger partial charge is 0.162 e. The van der Waals surface area contributed by atoms with Gasteiger partial charge in [0, 0.05) is 5.56 Å². The number of aryl methyl sites for hydroxylation is 1. The van der Waals surface area contributed by atoms with Crippen LogP contribution in [0.4, 0.5) is 0 Å². The molecule has 0 radical (unpaired) electrons. The summed E-state index contributed by atoms with van der Waals surface area (Å²) >= 11 is 0. The van der Waals surface area contributed by atoms with Crippen molar-refractivity contribution in [3.05, 3.63) is 35.5 Å². The van der Waals surface area contributed by atoms with E-state index in [0.717, 1.165) is 16.9 Å². The molecule has 3 rings (SSSR count). The van der Waals surface area contributed by atoms with E-state index >= 15 is 0 Å². The fourth-order valence-corrected chi connectivity index (χ4v) is 2.15. The Morgan fingerprint density at radius 3 is 2.60 bits per heavy atom. The molecular weight excluding hydrogens is 256 g/mol. The number of aromatic nitrogens is 1. The molecule has 0 saturated heterocycles. The lowest BCUT2D eigenvalue weighted by Gasteiger charge is -2.20. The summed E-state index contributed by atoms with van der Waals surface area (Å²) in [5.41, 5.74) is 2.64. The summed E-state index contributed by atoms with van der Waals surface area (Å²) in [5.74, 6) is 1.27. The molecule has 0 aliphatic carbocycles. The molecule has 0 saturated carbocycles. The van der Waals surface area contributed by atoms with Crippen molar-refractivity contribution in [1.29, 1.82) is 5.26 Å². The van der Waals surface area contributed by atoms with E-state index in [4.69, 9.17) is 14.7 Å². The quantitative estimate of drug-likeness (QED) is 0.859. The second-order valence-corrected chi connectivity index (χ2v) is 4.51. The Morgan fingerprint density at radius 2 is 1.90 bits per heavy atom. The van der Waals surface area contributed by atoms with E-state index < -0.39 is 0 Å². The summed E-state index contributed by atoms with van der Waals surface area (Å²) in [6, 6.07) is 7.25. The number of ether oxygens (including phenoxy) is 2. The number of benzene rings is 1. The summed E-state index contributed by atoms with van der Waals surface area (Å²) in [4.78, 5) is 4.17. The van der Waals surface area contributed by atoms with Crippen LogP contribution in [0.5, 0.6) is 17.2 Å². The van der Waals surface area contributed by atoms with Crippen LogP contribution in [0.15, 0.2) is 24.4 Å². The topological polar surface area (TPSA) is 75.4 Å². The summed E-state index contributed by atoms with van der Waals surface area (Å²) in [6.07, 6.45) is 1.28. The number of hydrogen-bond donors (Lipinski definition) is 1. The van der Waals surface area contributed by atoms with E-state index in [1.54, 1.807) is 6.07 Å². The van der Waals surface area contributed by atoms with Gasteiger partial charge in [0.2, 0.25) is 0 Å². The van der Waals surface area contributed by atoms with Crippen LogP contribution < -0.4 is 9.47 Å². The molecule has 1 aliphatic heterocycles. The third-order valence-electron chi connectivity index (χ3n) is 3.17. The zero-order valence-corrected chi connectivity index (χ0v) is 10.9. The number of pyridine rings is 1. The maximum Gasteiger partial charge on any atom is 0.162 e. The van der Waals surface area contributed by atoms with Crippen molar-refractivity contribution in [2.45, 2.75) is 6.92 Å². The Morgan fingerprint density at radius 1 is 1.20 bits per heavy atom. The van der Waals surface area contributed by atoms with Gasteiger partial charge >= 0.3 is 0 Å². The van der Waals surface area contributed by atoms with E-state index in [9.17, 15) is 5.11 Å². The molecule has 5 heteroatoms. The average molecular weight is 268 g/mol. The summed E-state index contributed by atoms with van der Waals surface area (Å²) in [7, 11) is 0.